The fourth-order valence-electron chi connectivity index (χ4n) is 1.30. The van der Waals surface area contributed by atoms with Crippen LogP contribution in [-0.2, 0) is 0 Å². The Morgan fingerprint density at radius 3 is 3.18 bits per heavy atom. The average Bonchev–Trinajstić information content (AvgIpc) is 2.30. The number of aromatic nitrogens is 1. The van der Waals surface area contributed by atoms with Gasteiger partial charge in [0.15, 0.2) is 0 Å². The van der Waals surface area contributed by atoms with Crippen molar-refractivity contribution in [3.05, 3.63) is 29.6 Å². The Kier molecular flexibility index (Phi) is 1.18. The number of hydrogen-bond donors (Lipinski definition) is 1. The summed E-state index contributed by atoms with van der Waals surface area (Å²) in [6, 6.07) is 3.64. The molecule has 0 spiro atoms. The van der Waals surface area contributed by atoms with Gasteiger partial charge in [0.1, 0.15) is 0 Å². The number of nitrogens with zero attached hydrogens (tertiary/aromatic N) is 1. The van der Waals surface area contributed by atoms with Crippen molar-refractivity contribution in [2.24, 2.45) is 0 Å². The summed E-state index contributed by atoms with van der Waals surface area (Å²) in [6.45, 7) is 1.93. The van der Waals surface area contributed by atoms with Gasteiger partial charge in [-0.2, -0.15) is 0 Å². The second-order valence-electron chi connectivity index (χ2n) is 2.63. The highest BCUT2D eigenvalue weighted by atomic mass is 16.2. The molecule has 1 aliphatic heterocycles. The van der Waals surface area contributed by atoms with E-state index >= 15 is 0 Å². The summed E-state index contributed by atoms with van der Waals surface area (Å²) in [5.41, 5.74) is 1.57. The van der Waals surface area contributed by atoms with Gasteiger partial charge in [0.25, 0.3) is 5.91 Å². The van der Waals surface area contributed by atoms with Crippen LogP contribution >= 0.6 is 0 Å². The first-order valence-electron chi connectivity index (χ1n) is 3.55. The van der Waals surface area contributed by atoms with Crippen molar-refractivity contribution in [3.8, 4) is 0 Å². The first kappa shape index (κ1) is 6.34. The van der Waals surface area contributed by atoms with E-state index in [4.69, 9.17) is 0 Å². The summed E-state index contributed by atoms with van der Waals surface area (Å²) < 4.78 is 0. The van der Waals surface area contributed by atoms with Gasteiger partial charge < -0.3 is 5.32 Å². The number of amides is 1. The largest absolute Gasteiger partial charge is 0.344 e. The van der Waals surface area contributed by atoms with E-state index in [0.29, 0.717) is 5.56 Å². The molecule has 11 heavy (non-hydrogen) atoms. The smallest absolute Gasteiger partial charge is 0.253 e. The van der Waals surface area contributed by atoms with E-state index in [1.54, 1.807) is 18.3 Å². The molecule has 3 nitrogen and oxygen atoms in total. The molecule has 0 aliphatic carbocycles. The number of nitrogens with one attached hydrogen (secondary N) is 1. The zero-order valence-electron chi connectivity index (χ0n) is 6.16. The Bertz CT molecular complexity index is 309. The van der Waals surface area contributed by atoms with Crippen LogP contribution in [0.15, 0.2) is 18.3 Å². The van der Waals surface area contributed by atoms with Crippen LogP contribution in [0.4, 0.5) is 0 Å². The maximum Gasteiger partial charge on any atom is 0.253 e. The standard InChI is InChI=1S/C8H8N2O/c1-5-7-6(8(11)10-5)3-2-4-9-7/h2-5H,1H3,(H,10,11)/t5-/m0/s1. The van der Waals surface area contributed by atoms with Crippen LogP contribution < -0.4 is 5.32 Å². The number of hydrogen-bond acceptors (Lipinski definition) is 2. The minimum atomic E-state index is -0.0133. The van der Waals surface area contributed by atoms with E-state index < -0.39 is 0 Å². The van der Waals surface area contributed by atoms with Crippen molar-refractivity contribution in [1.29, 1.82) is 0 Å². The molecule has 1 atom stereocenters. The monoisotopic (exact) mass is 148 g/mol. The lowest BCUT2D eigenvalue weighted by Gasteiger charge is -1.99. The van der Waals surface area contributed by atoms with Gasteiger partial charge >= 0.3 is 0 Å². The summed E-state index contributed by atoms with van der Waals surface area (Å²) in [7, 11) is 0. The van der Waals surface area contributed by atoms with Crippen molar-refractivity contribution >= 4 is 5.91 Å². The molecule has 1 N–H and O–H groups in total. The van der Waals surface area contributed by atoms with E-state index in [9.17, 15) is 4.79 Å². The number of fused-ring (bicyclic) bond motifs is 1. The van der Waals surface area contributed by atoms with E-state index in [0.717, 1.165) is 5.69 Å². The average molecular weight is 148 g/mol. The van der Waals surface area contributed by atoms with Crippen molar-refractivity contribution in [2.75, 3.05) is 0 Å². The second-order valence-corrected chi connectivity index (χ2v) is 2.63. The SMILES string of the molecule is C[C@@H]1NC(=O)c2cccnc21. The number of pyridine rings is 1. The summed E-state index contributed by atoms with van der Waals surface area (Å²) >= 11 is 0. The zero-order chi connectivity index (χ0) is 7.84. The van der Waals surface area contributed by atoms with Crippen LogP contribution in [0.5, 0.6) is 0 Å². The Morgan fingerprint density at radius 2 is 2.45 bits per heavy atom. The molecule has 0 radical (unpaired) electrons. The Balaban J connectivity index is 2.60. The molecule has 3 heteroatoms. The third-order valence-corrected chi connectivity index (χ3v) is 1.84. The summed E-state index contributed by atoms with van der Waals surface area (Å²) in [4.78, 5) is 15.2. The number of carbonyl (C=O) groups excluding carboxylic acids is 1. The lowest BCUT2D eigenvalue weighted by atomic mass is 10.2. The molecule has 1 aromatic rings. The number of carbonyl (C=O) groups is 1. The Hall–Kier alpha value is -1.38. The number of rotatable bonds is 0. The van der Waals surface area contributed by atoms with Gasteiger partial charge in [0.05, 0.1) is 17.3 Å². The molecule has 1 amide bonds. The van der Waals surface area contributed by atoms with Crippen LogP contribution in [0, 0.1) is 0 Å². The van der Waals surface area contributed by atoms with E-state index in [-0.39, 0.29) is 11.9 Å². The molecular weight excluding hydrogens is 140 g/mol. The van der Waals surface area contributed by atoms with Gasteiger partial charge in [-0.25, -0.2) is 0 Å². The maximum absolute atomic E-state index is 11.1. The van der Waals surface area contributed by atoms with Crippen molar-refractivity contribution in [1.82, 2.24) is 10.3 Å². The van der Waals surface area contributed by atoms with Gasteiger partial charge in [-0.05, 0) is 19.1 Å². The fourth-order valence-corrected chi connectivity index (χ4v) is 1.30. The second kappa shape index (κ2) is 2.05. The third-order valence-electron chi connectivity index (χ3n) is 1.84. The predicted octanol–water partition coefficient (Wildman–Crippen LogP) is 0.886. The highest BCUT2D eigenvalue weighted by Crippen LogP contribution is 2.20. The minimum Gasteiger partial charge on any atom is -0.344 e. The van der Waals surface area contributed by atoms with Crippen LogP contribution in [-0.4, -0.2) is 10.9 Å². The molecule has 0 saturated heterocycles. The normalized spacial score (nSPS) is 21.2. The quantitative estimate of drug-likeness (QED) is 0.593. The van der Waals surface area contributed by atoms with Crippen molar-refractivity contribution in [2.45, 2.75) is 13.0 Å². The molecule has 0 aromatic carbocycles. The predicted molar refractivity (Wildman–Crippen MR) is 40.1 cm³/mol. The van der Waals surface area contributed by atoms with Gasteiger partial charge in [-0.1, -0.05) is 0 Å². The molecule has 0 unspecified atom stereocenters. The third kappa shape index (κ3) is 0.808. The van der Waals surface area contributed by atoms with Gasteiger partial charge in [-0.15, -0.1) is 0 Å². The summed E-state index contributed by atoms with van der Waals surface area (Å²) in [6.07, 6.45) is 1.70. The Morgan fingerprint density at radius 1 is 1.64 bits per heavy atom. The van der Waals surface area contributed by atoms with Crippen LogP contribution in [0.3, 0.4) is 0 Å². The zero-order valence-corrected chi connectivity index (χ0v) is 6.16. The van der Waals surface area contributed by atoms with Crippen LogP contribution in [0.25, 0.3) is 0 Å². The first-order valence-corrected chi connectivity index (χ1v) is 3.55. The lowest BCUT2D eigenvalue weighted by molar-refractivity contribution is 0.0958. The molecule has 0 bridgehead atoms. The summed E-state index contributed by atoms with van der Waals surface area (Å²) in [5.74, 6) is -0.0133. The maximum atomic E-state index is 11.1. The van der Waals surface area contributed by atoms with Crippen molar-refractivity contribution < 1.29 is 4.79 Å². The summed E-state index contributed by atoms with van der Waals surface area (Å²) in [5, 5.41) is 2.78. The van der Waals surface area contributed by atoms with E-state index in [1.807, 2.05) is 6.92 Å². The molecule has 2 heterocycles. The first-order chi connectivity index (χ1) is 5.29. The fraction of sp³-hybridized carbons (Fsp3) is 0.250. The molecule has 2 rings (SSSR count). The topological polar surface area (TPSA) is 42.0 Å². The molecule has 1 aromatic heterocycles. The molecule has 1 aliphatic rings. The molecular formula is C8H8N2O. The van der Waals surface area contributed by atoms with Gasteiger partial charge in [-0.3, -0.25) is 9.78 Å². The van der Waals surface area contributed by atoms with Gasteiger partial charge in [0, 0.05) is 6.20 Å². The van der Waals surface area contributed by atoms with Gasteiger partial charge in [0.2, 0.25) is 0 Å². The minimum absolute atomic E-state index is 0.0133. The van der Waals surface area contributed by atoms with Crippen LogP contribution in [0.1, 0.15) is 29.0 Å². The molecule has 56 valence electrons. The van der Waals surface area contributed by atoms with E-state index in [1.165, 1.54) is 0 Å². The van der Waals surface area contributed by atoms with Crippen LogP contribution in [0.2, 0.25) is 0 Å². The van der Waals surface area contributed by atoms with E-state index in [2.05, 4.69) is 10.3 Å². The highest BCUT2D eigenvalue weighted by Gasteiger charge is 2.25. The highest BCUT2D eigenvalue weighted by molar-refractivity contribution is 5.98. The lowest BCUT2D eigenvalue weighted by Crippen LogP contribution is -2.16. The van der Waals surface area contributed by atoms with Crippen molar-refractivity contribution in [3.63, 3.8) is 0 Å². The Labute approximate surface area is 64.5 Å². The molecule has 0 saturated carbocycles. The molecule has 0 fully saturated rings.